The minimum absolute atomic E-state index is 0.160. The van der Waals surface area contributed by atoms with Crippen molar-refractivity contribution in [1.82, 2.24) is 14.7 Å². The Kier molecular flexibility index (Phi) is 7.19. The number of hydrogen-bond acceptors (Lipinski definition) is 6. The van der Waals surface area contributed by atoms with E-state index >= 15 is 0 Å². The number of amides is 5. The lowest BCUT2D eigenvalue weighted by atomic mass is 9.97. The van der Waals surface area contributed by atoms with Crippen molar-refractivity contribution in [2.24, 2.45) is 0 Å². The molecule has 1 aromatic rings. The van der Waals surface area contributed by atoms with Crippen molar-refractivity contribution >= 4 is 23.8 Å². The molecular weight excluding hydrogens is 438 g/mol. The fourth-order valence-electron chi connectivity index (χ4n) is 4.99. The van der Waals surface area contributed by atoms with E-state index in [-0.39, 0.29) is 18.5 Å². The van der Waals surface area contributed by atoms with E-state index in [4.69, 9.17) is 9.47 Å². The first-order valence-corrected chi connectivity index (χ1v) is 11.8. The maximum atomic E-state index is 13.2. The smallest absolute Gasteiger partial charge is 0.334 e. The quantitative estimate of drug-likeness (QED) is 0.330. The number of ether oxygens (including phenoxy) is 2. The van der Waals surface area contributed by atoms with Gasteiger partial charge in [0, 0.05) is 18.7 Å². The average Bonchev–Trinajstić information content (AvgIpc) is 3.43. The van der Waals surface area contributed by atoms with E-state index in [2.05, 4.69) is 6.08 Å². The SMILES string of the molecule is COc1ccc(OC)c(C2CCCN2C(=O)CN2C(=O)C(=O)N(CCC3=CCCCC3)C2=O)c1. The molecule has 0 bridgehead atoms. The van der Waals surface area contributed by atoms with Gasteiger partial charge in [-0.3, -0.25) is 19.3 Å². The van der Waals surface area contributed by atoms with Gasteiger partial charge in [0.1, 0.15) is 18.0 Å². The Bertz CT molecular complexity index is 1020. The summed E-state index contributed by atoms with van der Waals surface area (Å²) in [5, 5.41) is 0. The minimum atomic E-state index is -0.939. The fraction of sp³-hybridized carbons (Fsp3) is 0.520. The van der Waals surface area contributed by atoms with Crippen LogP contribution >= 0.6 is 0 Å². The van der Waals surface area contributed by atoms with Crippen LogP contribution in [-0.2, 0) is 14.4 Å². The predicted molar refractivity (Wildman–Crippen MR) is 123 cm³/mol. The molecule has 182 valence electrons. The molecule has 0 spiro atoms. The fourth-order valence-corrected chi connectivity index (χ4v) is 4.99. The molecule has 2 saturated heterocycles. The molecule has 3 aliphatic rings. The Hall–Kier alpha value is -3.36. The third-order valence-corrected chi connectivity index (χ3v) is 6.84. The number of allylic oxidation sites excluding steroid dienone is 1. The molecule has 1 atom stereocenters. The topological polar surface area (TPSA) is 96.5 Å². The summed E-state index contributed by atoms with van der Waals surface area (Å²) in [6, 6.07) is 4.44. The van der Waals surface area contributed by atoms with Crippen molar-refractivity contribution in [3.63, 3.8) is 0 Å². The van der Waals surface area contributed by atoms with E-state index in [1.54, 1.807) is 31.3 Å². The lowest BCUT2D eigenvalue weighted by molar-refractivity contribution is -0.145. The van der Waals surface area contributed by atoms with E-state index in [1.807, 2.05) is 6.07 Å². The molecule has 5 amide bonds. The van der Waals surface area contributed by atoms with E-state index in [0.717, 1.165) is 53.9 Å². The van der Waals surface area contributed by atoms with Crippen LogP contribution in [0.25, 0.3) is 0 Å². The lowest BCUT2D eigenvalue weighted by Crippen LogP contribution is -2.43. The Morgan fingerprint density at radius 3 is 2.53 bits per heavy atom. The second kappa shape index (κ2) is 10.3. The Morgan fingerprint density at radius 1 is 1.03 bits per heavy atom. The minimum Gasteiger partial charge on any atom is -0.497 e. The average molecular weight is 470 g/mol. The summed E-state index contributed by atoms with van der Waals surface area (Å²) in [6.07, 6.45) is 8.42. The monoisotopic (exact) mass is 469 g/mol. The highest BCUT2D eigenvalue weighted by Gasteiger charge is 2.46. The number of nitrogens with zero attached hydrogens (tertiary/aromatic N) is 3. The molecule has 1 aliphatic carbocycles. The summed E-state index contributed by atoms with van der Waals surface area (Å²) in [6.45, 7) is 0.199. The van der Waals surface area contributed by atoms with Crippen molar-refractivity contribution in [2.45, 2.75) is 51.0 Å². The summed E-state index contributed by atoms with van der Waals surface area (Å²) >= 11 is 0. The van der Waals surface area contributed by atoms with Crippen LogP contribution in [0.3, 0.4) is 0 Å². The summed E-state index contributed by atoms with van der Waals surface area (Å²) in [4.78, 5) is 54.5. The van der Waals surface area contributed by atoms with Crippen LogP contribution in [0.15, 0.2) is 29.8 Å². The molecule has 2 fully saturated rings. The van der Waals surface area contributed by atoms with Gasteiger partial charge in [0.05, 0.1) is 20.3 Å². The van der Waals surface area contributed by atoms with Crippen molar-refractivity contribution in [3.05, 3.63) is 35.4 Å². The molecule has 34 heavy (non-hydrogen) atoms. The van der Waals surface area contributed by atoms with Gasteiger partial charge in [-0.15, -0.1) is 0 Å². The van der Waals surface area contributed by atoms with Gasteiger partial charge in [0.15, 0.2) is 0 Å². The molecule has 0 aromatic heterocycles. The van der Waals surface area contributed by atoms with Gasteiger partial charge in [-0.2, -0.15) is 0 Å². The van der Waals surface area contributed by atoms with Crippen LogP contribution in [0, 0.1) is 0 Å². The second-order valence-corrected chi connectivity index (χ2v) is 8.84. The first kappa shape index (κ1) is 23.8. The Labute approximate surface area is 199 Å². The van der Waals surface area contributed by atoms with Crippen molar-refractivity contribution in [2.75, 3.05) is 33.9 Å². The predicted octanol–water partition coefficient (Wildman–Crippen LogP) is 3.05. The number of imide groups is 2. The second-order valence-electron chi connectivity index (χ2n) is 8.84. The van der Waals surface area contributed by atoms with E-state index in [1.165, 1.54) is 5.57 Å². The molecular formula is C25H31N3O6. The third kappa shape index (κ3) is 4.64. The van der Waals surface area contributed by atoms with E-state index in [0.29, 0.717) is 24.5 Å². The van der Waals surface area contributed by atoms with Crippen LogP contribution in [0.4, 0.5) is 4.79 Å². The molecule has 0 N–H and O–H groups in total. The largest absolute Gasteiger partial charge is 0.497 e. The van der Waals surface area contributed by atoms with Crippen LogP contribution in [0.2, 0.25) is 0 Å². The molecule has 0 saturated carbocycles. The highest BCUT2D eigenvalue weighted by atomic mass is 16.5. The molecule has 4 rings (SSSR count). The molecule has 1 unspecified atom stereocenters. The normalized spacial score (nSPS) is 20.8. The molecule has 1 aromatic carbocycles. The summed E-state index contributed by atoms with van der Waals surface area (Å²) in [5.74, 6) is -0.891. The number of hydrogen-bond donors (Lipinski definition) is 0. The van der Waals surface area contributed by atoms with Crippen LogP contribution in [-0.4, -0.2) is 72.3 Å². The van der Waals surface area contributed by atoms with Gasteiger partial charge in [0.2, 0.25) is 5.91 Å². The molecule has 9 heteroatoms. The highest BCUT2D eigenvalue weighted by molar-refractivity contribution is 6.45. The van der Waals surface area contributed by atoms with Gasteiger partial charge >= 0.3 is 17.8 Å². The lowest BCUT2D eigenvalue weighted by Gasteiger charge is -2.28. The van der Waals surface area contributed by atoms with Crippen molar-refractivity contribution in [3.8, 4) is 11.5 Å². The van der Waals surface area contributed by atoms with E-state index < -0.39 is 24.4 Å². The maximum absolute atomic E-state index is 13.2. The maximum Gasteiger partial charge on any atom is 0.334 e. The molecule has 0 radical (unpaired) electrons. The first-order chi connectivity index (χ1) is 16.4. The van der Waals surface area contributed by atoms with Crippen LogP contribution in [0.5, 0.6) is 11.5 Å². The van der Waals surface area contributed by atoms with E-state index in [9.17, 15) is 19.2 Å². The number of benzene rings is 1. The zero-order valence-electron chi connectivity index (χ0n) is 19.7. The molecule has 2 heterocycles. The molecule has 2 aliphatic heterocycles. The number of carbonyl (C=O) groups is 4. The van der Waals surface area contributed by atoms with Gasteiger partial charge in [-0.1, -0.05) is 11.6 Å². The third-order valence-electron chi connectivity index (χ3n) is 6.84. The highest BCUT2D eigenvalue weighted by Crippen LogP contribution is 2.39. The van der Waals surface area contributed by atoms with Gasteiger partial charge in [-0.05, 0) is 63.1 Å². The van der Waals surface area contributed by atoms with Crippen LogP contribution in [0.1, 0.15) is 56.6 Å². The Morgan fingerprint density at radius 2 is 1.82 bits per heavy atom. The Balaban J connectivity index is 1.45. The first-order valence-electron chi connectivity index (χ1n) is 11.8. The van der Waals surface area contributed by atoms with Gasteiger partial charge in [0.25, 0.3) is 0 Å². The summed E-state index contributed by atoms with van der Waals surface area (Å²) < 4.78 is 10.8. The summed E-state index contributed by atoms with van der Waals surface area (Å²) in [5.41, 5.74) is 2.02. The zero-order valence-corrected chi connectivity index (χ0v) is 19.7. The van der Waals surface area contributed by atoms with Crippen LogP contribution < -0.4 is 9.47 Å². The van der Waals surface area contributed by atoms with Gasteiger partial charge in [-0.25, -0.2) is 9.69 Å². The number of carbonyl (C=O) groups excluding carboxylic acids is 4. The number of methoxy groups -OCH3 is 2. The van der Waals surface area contributed by atoms with Crippen molar-refractivity contribution < 1.29 is 28.7 Å². The standard InChI is InChI=1S/C25H31N3O6/c1-33-18-10-11-21(34-2)19(15-18)20-9-6-13-26(20)22(29)16-28-24(31)23(30)27(25(28)32)14-12-17-7-4-3-5-8-17/h7,10-11,15,20H,3-6,8-9,12-14,16H2,1-2H3. The summed E-state index contributed by atoms with van der Waals surface area (Å²) in [7, 11) is 3.14. The van der Waals surface area contributed by atoms with Crippen molar-refractivity contribution in [1.29, 1.82) is 0 Å². The number of rotatable bonds is 8. The molecule has 9 nitrogen and oxygen atoms in total. The number of likely N-dealkylation sites (tertiary alicyclic amines) is 1. The zero-order chi connectivity index (χ0) is 24.2. The van der Waals surface area contributed by atoms with Gasteiger partial charge < -0.3 is 14.4 Å². The number of urea groups is 1.